The van der Waals surface area contributed by atoms with Crippen molar-refractivity contribution in [2.45, 2.75) is 9.92 Å². The number of nitrogens with zero attached hydrogens (tertiary/aromatic N) is 2. The Labute approximate surface area is 132 Å². The van der Waals surface area contributed by atoms with Crippen molar-refractivity contribution in [2.24, 2.45) is 0 Å². The Morgan fingerprint density at radius 3 is 2.57 bits per heavy atom. The first-order valence-corrected chi connectivity index (χ1v) is 6.96. The summed E-state index contributed by atoms with van der Waals surface area (Å²) in [4.78, 5) is 25.5. The van der Waals surface area contributed by atoms with Gasteiger partial charge in [0.2, 0.25) is 0 Å². The summed E-state index contributed by atoms with van der Waals surface area (Å²) in [7, 11) is 0. The van der Waals surface area contributed by atoms with Crippen LogP contribution >= 0.6 is 35.0 Å². The third kappa shape index (κ3) is 3.63. The van der Waals surface area contributed by atoms with Crippen LogP contribution in [-0.4, -0.2) is 21.0 Å². The molecule has 1 heterocycles. The Bertz CT molecular complexity index is 722. The summed E-state index contributed by atoms with van der Waals surface area (Å²) in [6.07, 6.45) is 1.41. The van der Waals surface area contributed by atoms with Crippen LogP contribution in [0.15, 0.2) is 40.4 Å². The summed E-state index contributed by atoms with van der Waals surface area (Å²) >= 11 is 12.7. The molecule has 0 saturated carbocycles. The van der Waals surface area contributed by atoms with Crippen LogP contribution in [0.4, 0.5) is 5.69 Å². The number of hydrogen-bond acceptors (Lipinski definition) is 5. The molecule has 1 aromatic carbocycles. The van der Waals surface area contributed by atoms with Gasteiger partial charge in [-0.05, 0) is 12.1 Å². The van der Waals surface area contributed by atoms with Gasteiger partial charge in [-0.2, -0.15) is 0 Å². The first kappa shape index (κ1) is 15.6. The Hall–Kier alpha value is -1.83. The van der Waals surface area contributed by atoms with E-state index in [2.05, 4.69) is 4.98 Å². The first-order chi connectivity index (χ1) is 9.88. The van der Waals surface area contributed by atoms with Crippen molar-refractivity contribution in [3.63, 3.8) is 0 Å². The topological polar surface area (TPSA) is 93.3 Å². The molecule has 108 valence electrons. The van der Waals surface area contributed by atoms with E-state index in [0.717, 1.165) is 23.9 Å². The molecule has 0 aliphatic carbocycles. The number of halogens is 2. The largest absolute Gasteiger partial charge is 0.478 e. The van der Waals surface area contributed by atoms with E-state index >= 15 is 0 Å². The van der Waals surface area contributed by atoms with E-state index in [1.54, 1.807) is 12.1 Å². The average Bonchev–Trinajstić information content (AvgIpc) is 2.42. The second kappa shape index (κ2) is 6.30. The number of nitro benzene ring substituents is 1. The molecule has 1 N–H and O–H groups in total. The maximum atomic E-state index is 11.3. The van der Waals surface area contributed by atoms with Crippen molar-refractivity contribution < 1.29 is 14.8 Å². The van der Waals surface area contributed by atoms with Gasteiger partial charge in [-0.1, -0.05) is 35.0 Å². The van der Waals surface area contributed by atoms with Crippen LogP contribution in [0, 0.1) is 10.1 Å². The molecule has 1 aromatic heterocycles. The van der Waals surface area contributed by atoms with E-state index in [1.807, 2.05) is 0 Å². The highest BCUT2D eigenvalue weighted by molar-refractivity contribution is 7.99. The number of aromatic nitrogens is 1. The van der Waals surface area contributed by atoms with Crippen LogP contribution in [0.2, 0.25) is 10.0 Å². The quantitative estimate of drug-likeness (QED) is 0.661. The summed E-state index contributed by atoms with van der Waals surface area (Å²) in [5.41, 5.74) is -0.637. The fraction of sp³-hybridized carbons (Fsp3) is 0. The van der Waals surface area contributed by atoms with Gasteiger partial charge in [0.15, 0.2) is 0 Å². The lowest BCUT2D eigenvalue weighted by molar-refractivity contribution is -0.384. The number of hydrogen-bond donors (Lipinski definition) is 1. The molecule has 0 fully saturated rings. The molecule has 2 aromatic rings. The van der Waals surface area contributed by atoms with Gasteiger partial charge in [-0.25, -0.2) is 9.78 Å². The second-order valence-corrected chi connectivity index (χ2v) is 5.66. The number of rotatable bonds is 4. The van der Waals surface area contributed by atoms with Gasteiger partial charge in [0, 0.05) is 23.2 Å². The standard InChI is InChI=1S/C12H6Cl2N2O4S/c13-6-1-2-10(15-5-6)21-11-8(12(17)18)3-7(16(19)20)4-9(11)14/h1-5H,(H,17,18). The molecule has 2 rings (SSSR count). The lowest BCUT2D eigenvalue weighted by atomic mass is 10.2. The summed E-state index contributed by atoms with van der Waals surface area (Å²) in [6.45, 7) is 0. The predicted octanol–water partition coefficient (Wildman–Crippen LogP) is 4.15. The molecule has 0 aliphatic rings. The van der Waals surface area contributed by atoms with E-state index in [0.29, 0.717) is 10.0 Å². The van der Waals surface area contributed by atoms with Crippen LogP contribution in [-0.2, 0) is 0 Å². The zero-order chi connectivity index (χ0) is 15.6. The van der Waals surface area contributed by atoms with Crippen LogP contribution in [0.5, 0.6) is 0 Å². The average molecular weight is 345 g/mol. The predicted molar refractivity (Wildman–Crippen MR) is 78.4 cm³/mol. The number of benzene rings is 1. The lowest BCUT2D eigenvalue weighted by Crippen LogP contribution is -2.01. The number of carbonyl (C=O) groups is 1. The van der Waals surface area contributed by atoms with Gasteiger partial charge in [-0.15, -0.1) is 0 Å². The molecule has 0 bridgehead atoms. The van der Waals surface area contributed by atoms with Crippen LogP contribution in [0.3, 0.4) is 0 Å². The van der Waals surface area contributed by atoms with Gasteiger partial charge >= 0.3 is 5.97 Å². The third-order valence-electron chi connectivity index (χ3n) is 2.38. The van der Waals surface area contributed by atoms with Gasteiger partial charge in [0.25, 0.3) is 5.69 Å². The van der Waals surface area contributed by atoms with E-state index in [4.69, 9.17) is 23.2 Å². The van der Waals surface area contributed by atoms with Gasteiger partial charge < -0.3 is 5.11 Å². The Balaban J connectivity index is 2.49. The Morgan fingerprint density at radius 2 is 2.05 bits per heavy atom. The zero-order valence-corrected chi connectivity index (χ0v) is 12.4. The molecule has 0 amide bonds. The highest BCUT2D eigenvalue weighted by Crippen LogP contribution is 2.38. The SMILES string of the molecule is O=C(O)c1cc([N+](=O)[O-])cc(Cl)c1Sc1ccc(Cl)cn1. The van der Waals surface area contributed by atoms with E-state index in [-0.39, 0.29) is 21.2 Å². The van der Waals surface area contributed by atoms with Crippen molar-refractivity contribution >= 4 is 46.6 Å². The smallest absolute Gasteiger partial charge is 0.337 e. The molecule has 0 spiro atoms. The first-order valence-electron chi connectivity index (χ1n) is 5.39. The number of carboxylic acid groups (broad SMARTS) is 1. The molecule has 0 aliphatic heterocycles. The maximum absolute atomic E-state index is 11.3. The minimum atomic E-state index is -1.31. The fourth-order valence-corrected chi connectivity index (χ4v) is 2.78. The fourth-order valence-electron chi connectivity index (χ4n) is 1.47. The van der Waals surface area contributed by atoms with Gasteiger partial charge in [-0.3, -0.25) is 10.1 Å². The van der Waals surface area contributed by atoms with E-state index < -0.39 is 10.9 Å². The van der Waals surface area contributed by atoms with Gasteiger partial charge in [0.05, 0.1) is 20.5 Å². The number of carboxylic acids is 1. The maximum Gasteiger partial charge on any atom is 0.337 e. The molecule has 0 atom stereocenters. The van der Waals surface area contributed by atoms with Crippen molar-refractivity contribution in [1.82, 2.24) is 4.98 Å². The third-order valence-corrected chi connectivity index (χ3v) is 4.10. The van der Waals surface area contributed by atoms with Crippen molar-refractivity contribution in [1.29, 1.82) is 0 Å². The molecule has 0 radical (unpaired) electrons. The normalized spacial score (nSPS) is 10.4. The number of pyridine rings is 1. The van der Waals surface area contributed by atoms with Crippen LogP contribution < -0.4 is 0 Å². The molecular formula is C12H6Cl2N2O4S. The summed E-state index contributed by atoms with van der Waals surface area (Å²) in [5.74, 6) is -1.31. The van der Waals surface area contributed by atoms with Crippen molar-refractivity contribution in [3.05, 3.63) is 56.2 Å². The Morgan fingerprint density at radius 1 is 1.33 bits per heavy atom. The highest BCUT2D eigenvalue weighted by atomic mass is 35.5. The molecular weight excluding hydrogens is 339 g/mol. The van der Waals surface area contributed by atoms with Crippen LogP contribution in [0.25, 0.3) is 0 Å². The minimum Gasteiger partial charge on any atom is -0.478 e. The summed E-state index contributed by atoms with van der Waals surface area (Å²) in [5, 5.41) is 20.8. The van der Waals surface area contributed by atoms with Crippen molar-refractivity contribution in [3.8, 4) is 0 Å². The monoisotopic (exact) mass is 344 g/mol. The Kier molecular flexibility index (Phi) is 4.66. The number of aromatic carboxylic acids is 1. The van der Waals surface area contributed by atoms with Gasteiger partial charge in [0.1, 0.15) is 5.03 Å². The van der Waals surface area contributed by atoms with E-state index in [1.165, 1.54) is 6.20 Å². The summed E-state index contributed by atoms with van der Waals surface area (Å²) in [6, 6.07) is 5.26. The second-order valence-electron chi connectivity index (χ2n) is 3.78. The number of non-ortho nitro benzene ring substituents is 1. The molecule has 0 unspecified atom stereocenters. The highest BCUT2D eigenvalue weighted by Gasteiger charge is 2.21. The minimum absolute atomic E-state index is 0.0247. The molecule has 6 nitrogen and oxygen atoms in total. The lowest BCUT2D eigenvalue weighted by Gasteiger charge is -2.07. The molecule has 9 heteroatoms. The van der Waals surface area contributed by atoms with Crippen molar-refractivity contribution in [2.75, 3.05) is 0 Å². The van der Waals surface area contributed by atoms with E-state index in [9.17, 15) is 20.0 Å². The molecule has 21 heavy (non-hydrogen) atoms. The zero-order valence-electron chi connectivity index (χ0n) is 10.1. The number of nitro groups is 1. The molecule has 0 saturated heterocycles. The van der Waals surface area contributed by atoms with Crippen LogP contribution in [0.1, 0.15) is 10.4 Å². The summed E-state index contributed by atoms with van der Waals surface area (Å²) < 4.78 is 0.